The third kappa shape index (κ3) is 1.98. The smallest absolute Gasteiger partial charge is 0.119 e. The maximum atomic E-state index is 5.13. The van der Waals surface area contributed by atoms with Gasteiger partial charge in [0.05, 0.1) is 7.11 Å². The van der Waals surface area contributed by atoms with E-state index in [0.29, 0.717) is 0 Å². The van der Waals surface area contributed by atoms with Gasteiger partial charge in [-0.1, -0.05) is 6.07 Å². The molecule has 0 heterocycles. The molecule has 0 aliphatic carbocycles. The molecule has 66 valence electrons. The van der Waals surface area contributed by atoms with E-state index in [9.17, 15) is 0 Å². The first-order valence-electron chi connectivity index (χ1n) is 4.06. The third-order valence-corrected chi connectivity index (χ3v) is 1.92. The van der Waals surface area contributed by atoms with E-state index in [0.717, 1.165) is 12.3 Å². The zero-order valence-corrected chi connectivity index (χ0v) is 7.85. The van der Waals surface area contributed by atoms with Gasteiger partial charge < -0.3 is 10.1 Å². The summed E-state index contributed by atoms with van der Waals surface area (Å²) in [5.41, 5.74) is 2.59. The number of nitrogens with one attached hydrogen (secondary N) is 1. The molecular formula is C10H15NO. The molecule has 0 bridgehead atoms. The molecule has 2 nitrogen and oxygen atoms in total. The molecule has 0 saturated heterocycles. The highest BCUT2D eigenvalue weighted by molar-refractivity contribution is 5.34. The summed E-state index contributed by atoms with van der Waals surface area (Å²) in [6.45, 7) is 3.00. The minimum Gasteiger partial charge on any atom is -0.497 e. The van der Waals surface area contributed by atoms with Crippen LogP contribution in [0, 0.1) is 6.92 Å². The summed E-state index contributed by atoms with van der Waals surface area (Å²) in [5, 5.41) is 3.12. The monoisotopic (exact) mass is 165 g/mol. The lowest BCUT2D eigenvalue weighted by molar-refractivity contribution is 0.414. The van der Waals surface area contributed by atoms with Crippen molar-refractivity contribution >= 4 is 0 Å². The molecule has 1 rings (SSSR count). The largest absolute Gasteiger partial charge is 0.497 e. The molecular weight excluding hydrogens is 150 g/mol. The number of rotatable bonds is 3. The van der Waals surface area contributed by atoms with E-state index < -0.39 is 0 Å². The van der Waals surface area contributed by atoms with Crippen LogP contribution in [0.5, 0.6) is 5.75 Å². The summed E-state index contributed by atoms with van der Waals surface area (Å²) in [4.78, 5) is 0. The van der Waals surface area contributed by atoms with Crippen LogP contribution in [-0.2, 0) is 6.54 Å². The fourth-order valence-electron chi connectivity index (χ4n) is 1.16. The van der Waals surface area contributed by atoms with Crippen LogP contribution >= 0.6 is 0 Å². The number of aryl methyl sites for hydroxylation is 1. The molecule has 1 N–H and O–H groups in total. The lowest BCUT2D eigenvalue weighted by Crippen LogP contribution is -2.06. The van der Waals surface area contributed by atoms with Crippen LogP contribution in [0.25, 0.3) is 0 Å². The van der Waals surface area contributed by atoms with Gasteiger partial charge in [-0.25, -0.2) is 0 Å². The van der Waals surface area contributed by atoms with Crippen molar-refractivity contribution in [2.24, 2.45) is 0 Å². The van der Waals surface area contributed by atoms with E-state index in [2.05, 4.69) is 24.4 Å². The van der Waals surface area contributed by atoms with Gasteiger partial charge in [-0.2, -0.15) is 0 Å². The molecule has 1 aromatic rings. The number of benzene rings is 1. The summed E-state index contributed by atoms with van der Waals surface area (Å²) < 4.78 is 5.13. The van der Waals surface area contributed by atoms with Crippen LogP contribution in [0.2, 0.25) is 0 Å². The minimum atomic E-state index is 0.892. The number of ether oxygens (including phenoxy) is 1. The van der Waals surface area contributed by atoms with Crippen molar-refractivity contribution in [2.45, 2.75) is 13.5 Å². The second kappa shape index (κ2) is 4.12. The molecule has 12 heavy (non-hydrogen) atoms. The number of methoxy groups -OCH3 is 1. The molecule has 0 spiro atoms. The summed E-state index contributed by atoms with van der Waals surface area (Å²) in [6, 6.07) is 6.12. The van der Waals surface area contributed by atoms with Gasteiger partial charge in [0.15, 0.2) is 0 Å². The first-order chi connectivity index (χ1) is 5.77. The highest BCUT2D eigenvalue weighted by Crippen LogP contribution is 2.16. The van der Waals surface area contributed by atoms with Crippen molar-refractivity contribution in [3.63, 3.8) is 0 Å². The zero-order valence-electron chi connectivity index (χ0n) is 7.85. The molecule has 0 atom stereocenters. The van der Waals surface area contributed by atoms with Crippen LogP contribution in [0.3, 0.4) is 0 Å². The predicted octanol–water partition coefficient (Wildman–Crippen LogP) is 1.72. The Labute approximate surface area is 73.6 Å². The van der Waals surface area contributed by atoms with Gasteiger partial charge in [-0.3, -0.25) is 0 Å². The lowest BCUT2D eigenvalue weighted by Gasteiger charge is -2.07. The fourth-order valence-corrected chi connectivity index (χ4v) is 1.16. The normalized spacial score (nSPS) is 9.92. The van der Waals surface area contributed by atoms with Gasteiger partial charge >= 0.3 is 0 Å². The number of hydrogen-bond acceptors (Lipinski definition) is 2. The van der Waals surface area contributed by atoms with Gasteiger partial charge in [0.2, 0.25) is 0 Å². The second-order valence-corrected chi connectivity index (χ2v) is 2.82. The highest BCUT2D eigenvalue weighted by atomic mass is 16.5. The van der Waals surface area contributed by atoms with Gasteiger partial charge in [0, 0.05) is 6.54 Å². The first-order valence-corrected chi connectivity index (χ1v) is 4.06. The Bertz CT molecular complexity index is 258. The van der Waals surface area contributed by atoms with Gasteiger partial charge in [0.25, 0.3) is 0 Å². The van der Waals surface area contributed by atoms with Crippen molar-refractivity contribution in [1.29, 1.82) is 0 Å². The topological polar surface area (TPSA) is 21.3 Å². The average molecular weight is 165 g/mol. The first kappa shape index (κ1) is 9.07. The highest BCUT2D eigenvalue weighted by Gasteiger charge is 1.98. The van der Waals surface area contributed by atoms with Crippen molar-refractivity contribution in [1.82, 2.24) is 5.32 Å². The SMILES string of the molecule is CNCc1cc(OC)ccc1C. The van der Waals surface area contributed by atoms with E-state index in [4.69, 9.17) is 4.74 Å². The van der Waals surface area contributed by atoms with Crippen molar-refractivity contribution in [2.75, 3.05) is 14.2 Å². The maximum Gasteiger partial charge on any atom is 0.119 e. The Morgan fingerprint density at radius 3 is 2.75 bits per heavy atom. The minimum absolute atomic E-state index is 0.892. The summed E-state index contributed by atoms with van der Waals surface area (Å²) in [5.74, 6) is 0.922. The van der Waals surface area contributed by atoms with Crippen LogP contribution in [0.1, 0.15) is 11.1 Å². The molecule has 0 amide bonds. The lowest BCUT2D eigenvalue weighted by atomic mass is 10.1. The molecule has 0 aliphatic rings. The number of hydrogen-bond donors (Lipinski definition) is 1. The Kier molecular flexibility index (Phi) is 3.11. The Hall–Kier alpha value is -1.02. The molecule has 0 saturated carbocycles. The van der Waals surface area contributed by atoms with Crippen molar-refractivity contribution in [3.8, 4) is 5.75 Å². The molecule has 2 heteroatoms. The van der Waals surface area contributed by atoms with Gasteiger partial charge in [0.1, 0.15) is 5.75 Å². The summed E-state index contributed by atoms with van der Waals surface area (Å²) in [6.07, 6.45) is 0. The van der Waals surface area contributed by atoms with E-state index in [1.165, 1.54) is 11.1 Å². The van der Waals surface area contributed by atoms with Crippen LogP contribution in [-0.4, -0.2) is 14.2 Å². The Balaban J connectivity index is 2.91. The maximum absolute atomic E-state index is 5.13. The van der Waals surface area contributed by atoms with E-state index in [-0.39, 0.29) is 0 Å². The fraction of sp³-hybridized carbons (Fsp3) is 0.400. The van der Waals surface area contributed by atoms with Gasteiger partial charge in [-0.05, 0) is 37.2 Å². The standard InChI is InChI=1S/C10H15NO/c1-8-4-5-10(12-3)6-9(8)7-11-2/h4-6,11H,7H2,1-3H3. The van der Waals surface area contributed by atoms with E-state index >= 15 is 0 Å². The molecule has 0 radical (unpaired) electrons. The molecule has 0 fully saturated rings. The molecule has 1 aromatic carbocycles. The summed E-state index contributed by atoms with van der Waals surface area (Å²) in [7, 11) is 3.63. The zero-order chi connectivity index (χ0) is 8.97. The van der Waals surface area contributed by atoms with Crippen LogP contribution in [0.15, 0.2) is 18.2 Å². The Morgan fingerprint density at radius 1 is 1.42 bits per heavy atom. The molecule has 0 aliphatic heterocycles. The average Bonchev–Trinajstić information content (AvgIpc) is 2.09. The van der Waals surface area contributed by atoms with Crippen molar-refractivity contribution in [3.05, 3.63) is 29.3 Å². The second-order valence-electron chi connectivity index (χ2n) is 2.82. The van der Waals surface area contributed by atoms with E-state index in [1.807, 2.05) is 13.1 Å². The van der Waals surface area contributed by atoms with Crippen LogP contribution < -0.4 is 10.1 Å². The predicted molar refractivity (Wildman–Crippen MR) is 50.5 cm³/mol. The Morgan fingerprint density at radius 2 is 2.17 bits per heavy atom. The van der Waals surface area contributed by atoms with Crippen LogP contribution in [0.4, 0.5) is 0 Å². The third-order valence-electron chi connectivity index (χ3n) is 1.92. The summed E-state index contributed by atoms with van der Waals surface area (Å²) >= 11 is 0. The van der Waals surface area contributed by atoms with Gasteiger partial charge in [-0.15, -0.1) is 0 Å². The van der Waals surface area contributed by atoms with Crippen molar-refractivity contribution < 1.29 is 4.74 Å². The quantitative estimate of drug-likeness (QED) is 0.736. The molecule has 0 unspecified atom stereocenters. The molecule has 0 aromatic heterocycles. The van der Waals surface area contributed by atoms with E-state index in [1.54, 1.807) is 7.11 Å².